The van der Waals surface area contributed by atoms with Gasteiger partial charge in [0.1, 0.15) is 0 Å². The third kappa shape index (κ3) is 4.88. The van der Waals surface area contributed by atoms with E-state index in [9.17, 15) is 4.79 Å². The first-order chi connectivity index (χ1) is 14.6. The van der Waals surface area contributed by atoms with E-state index < -0.39 is 0 Å². The van der Waals surface area contributed by atoms with Crippen LogP contribution in [-0.4, -0.2) is 56.7 Å². The number of nitrogens with zero attached hydrogens (tertiary/aromatic N) is 2. The number of nitrogens with one attached hydrogen (secondary N) is 1. The van der Waals surface area contributed by atoms with E-state index >= 15 is 0 Å². The van der Waals surface area contributed by atoms with E-state index in [1.807, 2.05) is 11.0 Å². The summed E-state index contributed by atoms with van der Waals surface area (Å²) in [5, 5.41) is 3.62. The highest BCUT2D eigenvalue weighted by molar-refractivity contribution is 9.10. The van der Waals surface area contributed by atoms with Gasteiger partial charge in [-0.1, -0.05) is 40.2 Å². The molecule has 0 aliphatic carbocycles. The molecule has 1 N–H and O–H groups in total. The highest BCUT2D eigenvalue weighted by Gasteiger charge is 2.35. The maximum atomic E-state index is 13.0. The van der Waals surface area contributed by atoms with Crippen molar-refractivity contribution < 1.29 is 9.53 Å². The Labute approximate surface area is 187 Å². The van der Waals surface area contributed by atoms with E-state index in [4.69, 9.17) is 4.74 Å². The number of rotatable bonds is 5. The molecule has 160 valence electrons. The quantitative estimate of drug-likeness (QED) is 0.721. The maximum absolute atomic E-state index is 13.0. The number of benzene rings is 2. The summed E-state index contributed by atoms with van der Waals surface area (Å²) < 4.78 is 6.67. The first kappa shape index (κ1) is 21.3. The van der Waals surface area contributed by atoms with Gasteiger partial charge in [-0.3, -0.25) is 10.1 Å². The highest BCUT2D eigenvalue weighted by Crippen LogP contribution is 2.33. The number of hydrogen-bond acceptors (Lipinski definition) is 4. The molecule has 0 radical (unpaired) electrons. The van der Waals surface area contributed by atoms with Crippen LogP contribution in [0.5, 0.6) is 0 Å². The molecule has 0 spiro atoms. The molecule has 2 aliphatic rings. The summed E-state index contributed by atoms with van der Waals surface area (Å²) >= 11 is 3.59. The van der Waals surface area contributed by atoms with Crippen molar-refractivity contribution in [2.45, 2.75) is 25.3 Å². The minimum absolute atomic E-state index is 0.180. The van der Waals surface area contributed by atoms with Gasteiger partial charge in [-0.05, 0) is 55.2 Å². The first-order valence-corrected chi connectivity index (χ1v) is 11.5. The third-order valence-electron chi connectivity index (χ3n) is 6.30. The van der Waals surface area contributed by atoms with Crippen LogP contribution in [0.4, 0.5) is 5.69 Å². The summed E-state index contributed by atoms with van der Waals surface area (Å²) in [6.45, 7) is 7.18. The van der Waals surface area contributed by atoms with Crippen LogP contribution in [0, 0.1) is 6.92 Å². The fourth-order valence-electron chi connectivity index (χ4n) is 4.47. The standard InChI is InChI=1S/C24H30BrN3O2/c1-19-4-2-7-22(16-19)27-10-12-28(13-11-27)23(29)18-26-24(8-14-30-15-9-24)20-5-3-6-21(25)17-20/h2-7,16-17,26H,8-15,18H2,1H3. The van der Waals surface area contributed by atoms with Crippen molar-refractivity contribution in [2.75, 3.05) is 50.8 Å². The fraction of sp³-hybridized carbons (Fsp3) is 0.458. The van der Waals surface area contributed by atoms with Crippen LogP contribution >= 0.6 is 15.9 Å². The molecule has 0 bridgehead atoms. The fourth-order valence-corrected chi connectivity index (χ4v) is 4.87. The largest absolute Gasteiger partial charge is 0.381 e. The molecule has 0 atom stereocenters. The molecular formula is C24H30BrN3O2. The van der Waals surface area contributed by atoms with Gasteiger partial charge in [-0.2, -0.15) is 0 Å². The summed E-state index contributed by atoms with van der Waals surface area (Å²) in [5.41, 5.74) is 3.53. The van der Waals surface area contributed by atoms with E-state index in [-0.39, 0.29) is 11.4 Å². The number of anilines is 1. The summed E-state index contributed by atoms with van der Waals surface area (Å²) in [4.78, 5) is 17.3. The lowest BCUT2D eigenvalue weighted by Gasteiger charge is -2.40. The van der Waals surface area contributed by atoms with Crippen molar-refractivity contribution in [3.8, 4) is 0 Å². The van der Waals surface area contributed by atoms with Crippen LogP contribution < -0.4 is 10.2 Å². The van der Waals surface area contributed by atoms with E-state index in [0.29, 0.717) is 19.8 Å². The molecule has 2 fully saturated rings. The Bertz CT molecular complexity index is 874. The van der Waals surface area contributed by atoms with Crippen molar-refractivity contribution in [1.29, 1.82) is 0 Å². The molecule has 2 saturated heterocycles. The number of carbonyl (C=O) groups excluding carboxylic acids is 1. The second-order valence-corrected chi connectivity index (χ2v) is 9.18. The van der Waals surface area contributed by atoms with E-state index in [1.165, 1.54) is 16.8 Å². The van der Waals surface area contributed by atoms with E-state index in [2.05, 4.69) is 75.5 Å². The lowest BCUT2D eigenvalue weighted by Crippen LogP contribution is -2.54. The predicted octanol–water partition coefficient (Wildman–Crippen LogP) is 3.70. The van der Waals surface area contributed by atoms with Crippen LogP contribution in [0.15, 0.2) is 53.0 Å². The molecule has 2 aromatic rings. The average Bonchev–Trinajstić information content (AvgIpc) is 2.78. The van der Waals surface area contributed by atoms with Gasteiger partial charge < -0.3 is 14.5 Å². The molecule has 0 aromatic heterocycles. The number of ether oxygens (including phenoxy) is 1. The Morgan fingerprint density at radius 1 is 1.07 bits per heavy atom. The van der Waals surface area contributed by atoms with Crippen LogP contribution in [0.3, 0.4) is 0 Å². The lowest BCUT2D eigenvalue weighted by molar-refractivity contribution is -0.131. The summed E-state index contributed by atoms with van der Waals surface area (Å²) in [7, 11) is 0. The summed E-state index contributed by atoms with van der Waals surface area (Å²) in [5.74, 6) is 0.180. The highest BCUT2D eigenvalue weighted by atomic mass is 79.9. The van der Waals surface area contributed by atoms with Gasteiger partial charge in [-0.15, -0.1) is 0 Å². The zero-order valence-corrected chi connectivity index (χ0v) is 19.2. The smallest absolute Gasteiger partial charge is 0.236 e. The van der Waals surface area contributed by atoms with Crippen molar-refractivity contribution in [3.05, 3.63) is 64.1 Å². The Hall–Kier alpha value is -1.89. The Balaban J connectivity index is 1.36. The van der Waals surface area contributed by atoms with Gasteiger partial charge in [0.15, 0.2) is 0 Å². The van der Waals surface area contributed by atoms with Gasteiger partial charge in [0.05, 0.1) is 6.54 Å². The zero-order chi connectivity index (χ0) is 21.0. The van der Waals surface area contributed by atoms with Crippen molar-refractivity contribution in [2.24, 2.45) is 0 Å². The molecule has 2 aliphatic heterocycles. The number of piperazine rings is 1. The normalized spacial score (nSPS) is 19.0. The van der Waals surface area contributed by atoms with Crippen LogP contribution in [0.2, 0.25) is 0 Å². The monoisotopic (exact) mass is 471 g/mol. The van der Waals surface area contributed by atoms with Crippen LogP contribution in [0.1, 0.15) is 24.0 Å². The van der Waals surface area contributed by atoms with Gasteiger partial charge in [-0.25, -0.2) is 0 Å². The SMILES string of the molecule is Cc1cccc(N2CCN(C(=O)CNC3(c4cccc(Br)c4)CCOCC3)CC2)c1. The van der Waals surface area contributed by atoms with E-state index in [0.717, 1.165) is 43.5 Å². The lowest BCUT2D eigenvalue weighted by atomic mass is 9.82. The number of hydrogen-bond donors (Lipinski definition) is 1. The number of amides is 1. The molecule has 2 aromatic carbocycles. The molecule has 0 saturated carbocycles. The van der Waals surface area contributed by atoms with Gasteiger partial charge >= 0.3 is 0 Å². The molecule has 5 nitrogen and oxygen atoms in total. The Morgan fingerprint density at radius 3 is 2.50 bits per heavy atom. The second-order valence-electron chi connectivity index (χ2n) is 8.27. The van der Waals surface area contributed by atoms with Crippen molar-refractivity contribution in [3.63, 3.8) is 0 Å². The number of aryl methyl sites for hydroxylation is 1. The topological polar surface area (TPSA) is 44.8 Å². The Kier molecular flexibility index (Phi) is 6.76. The van der Waals surface area contributed by atoms with Crippen LogP contribution in [0.25, 0.3) is 0 Å². The minimum atomic E-state index is -0.207. The minimum Gasteiger partial charge on any atom is -0.381 e. The Morgan fingerprint density at radius 2 is 1.80 bits per heavy atom. The molecule has 2 heterocycles. The molecule has 4 rings (SSSR count). The van der Waals surface area contributed by atoms with E-state index in [1.54, 1.807) is 0 Å². The van der Waals surface area contributed by atoms with Crippen LogP contribution in [-0.2, 0) is 15.1 Å². The predicted molar refractivity (Wildman–Crippen MR) is 124 cm³/mol. The molecule has 30 heavy (non-hydrogen) atoms. The first-order valence-electron chi connectivity index (χ1n) is 10.7. The number of carbonyl (C=O) groups is 1. The molecular weight excluding hydrogens is 442 g/mol. The van der Waals surface area contributed by atoms with Gasteiger partial charge in [0.25, 0.3) is 0 Å². The summed E-state index contributed by atoms with van der Waals surface area (Å²) in [6, 6.07) is 17.0. The number of halogens is 1. The third-order valence-corrected chi connectivity index (χ3v) is 6.79. The van der Waals surface area contributed by atoms with Crippen molar-refractivity contribution in [1.82, 2.24) is 10.2 Å². The second kappa shape index (κ2) is 9.50. The van der Waals surface area contributed by atoms with Gasteiger partial charge in [0.2, 0.25) is 5.91 Å². The maximum Gasteiger partial charge on any atom is 0.236 e. The zero-order valence-electron chi connectivity index (χ0n) is 17.6. The van der Waals surface area contributed by atoms with Crippen molar-refractivity contribution >= 4 is 27.5 Å². The van der Waals surface area contributed by atoms with Gasteiger partial charge in [0, 0.05) is 55.1 Å². The molecule has 6 heteroatoms. The molecule has 1 amide bonds. The average molecular weight is 472 g/mol. The molecule has 0 unspecified atom stereocenters. The summed E-state index contributed by atoms with van der Waals surface area (Å²) in [6.07, 6.45) is 1.75.